The molecule has 0 bridgehead atoms. The lowest BCUT2D eigenvalue weighted by molar-refractivity contribution is 0.0937. The lowest BCUT2D eigenvalue weighted by Crippen LogP contribution is -2.30. The zero-order chi connectivity index (χ0) is 9.90. The molecule has 0 unspecified atom stereocenters. The number of hydrogen-bond acceptors (Lipinski definition) is 2. The Bertz CT molecular complexity index is 275. The Balaban J connectivity index is 2.89. The van der Waals surface area contributed by atoms with Gasteiger partial charge in [-0.05, 0) is 24.3 Å². The largest absolute Gasteiger partial charge is 0.291 e. The molecule has 0 spiro atoms. The molecule has 0 radical (unpaired) electrons. The predicted octanol–water partition coefficient (Wildman–Crippen LogP) is 3.73. The normalized spacial score (nSPS) is 11.6. The first-order valence-corrected chi connectivity index (χ1v) is 5.67. The second-order valence-corrected chi connectivity index (χ2v) is 4.65. The quantitative estimate of drug-likeness (QED) is 0.554. The molecule has 1 heterocycles. The third-order valence-corrected chi connectivity index (χ3v) is 3.85. The molecule has 0 saturated carbocycles. The molecule has 0 atom stereocenters. The monoisotopic (exact) mass is 216 g/mol. The highest BCUT2D eigenvalue weighted by atomic mass is 35.5. The van der Waals surface area contributed by atoms with Crippen LogP contribution in [-0.4, -0.2) is 10.7 Å². The average Bonchev–Trinajstić information content (AvgIpc) is 2.68. The zero-order valence-electron chi connectivity index (χ0n) is 7.84. The van der Waals surface area contributed by atoms with Crippen molar-refractivity contribution in [2.75, 3.05) is 0 Å². The molecule has 72 valence electrons. The summed E-state index contributed by atoms with van der Waals surface area (Å²) in [5.74, 6) is 0.0640. The molecule has 0 fully saturated rings. The Morgan fingerprint density at radius 2 is 2.15 bits per heavy atom. The molecule has 1 rings (SSSR count). The van der Waals surface area contributed by atoms with Crippen molar-refractivity contribution < 1.29 is 4.79 Å². The topological polar surface area (TPSA) is 17.1 Å². The molecule has 3 heteroatoms. The Labute approximate surface area is 87.7 Å². The van der Waals surface area contributed by atoms with Gasteiger partial charge in [0.15, 0.2) is 5.78 Å². The van der Waals surface area contributed by atoms with Gasteiger partial charge in [0.25, 0.3) is 0 Å². The Morgan fingerprint density at radius 1 is 1.54 bits per heavy atom. The molecule has 1 aromatic rings. The first kappa shape index (κ1) is 10.7. The van der Waals surface area contributed by atoms with Gasteiger partial charge in [-0.2, -0.15) is 0 Å². The molecule has 0 amide bonds. The summed E-state index contributed by atoms with van der Waals surface area (Å²) in [4.78, 5) is 11.9. The van der Waals surface area contributed by atoms with Gasteiger partial charge in [-0.15, -0.1) is 22.9 Å². The van der Waals surface area contributed by atoms with Crippen molar-refractivity contribution in [3.63, 3.8) is 0 Å². The maximum atomic E-state index is 11.9. The van der Waals surface area contributed by atoms with Crippen LogP contribution in [0.4, 0.5) is 0 Å². The molecule has 0 N–H and O–H groups in total. The van der Waals surface area contributed by atoms with E-state index in [-0.39, 0.29) is 5.78 Å². The third kappa shape index (κ3) is 2.12. The smallest absolute Gasteiger partial charge is 0.193 e. The van der Waals surface area contributed by atoms with Crippen LogP contribution in [-0.2, 0) is 0 Å². The number of carbonyl (C=O) groups excluding carboxylic acids is 1. The van der Waals surface area contributed by atoms with Gasteiger partial charge in [-0.1, -0.05) is 19.9 Å². The van der Waals surface area contributed by atoms with Crippen molar-refractivity contribution in [2.45, 2.75) is 31.6 Å². The van der Waals surface area contributed by atoms with Gasteiger partial charge in [0, 0.05) is 0 Å². The lowest BCUT2D eigenvalue weighted by Gasteiger charge is -2.20. The number of carbonyl (C=O) groups is 1. The number of thiophene rings is 1. The molecule has 0 aliphatic carbocycles. The lowest BCUT2D eigenvalue weighted by atomic mass is 9.96. The number of Topliss-reactive ketones (excluding diaryl/α,β-unsaturated/α-hetero) is 1. The van der Waals surface area contributed by atoms with Crippen LogP contribution < -0.4 is 0 Å². The molecular weight excluding hydrogens is 204 g/mol. The van der Waals surface area contributed by atoms with Crippen LogP contribution in [0.1, 0.15) is 36.4 Å². The summed E-state index contributed by atoms with van der Waals surface area (Å²) in [5.41, 5.74) is 0. The third-order valence-electron chi connectivity index (χ3n) is 2.27. The van der Waals surface area contributed by atoms with Crippen LogP contribution in [0, 0.1) is 0 Å². The van der Waals surface area contributed by atoms with E-state index >= 15 is 0 Å². The van der Waals surface area contributed by atoms with E-state index in [0.717, 1.165) is 4.88 Å². The van der Waals surface area contributed by atoms with Gasteiger partial charge in [0.1, 0.15) is 4.87 Å². The van der Waals surface area contributed by atoms with Gasteiger partial charge < -0.3 is 0 Å². The first-order valence-electron chi connectivity index (χ1n) is 4.41. The van der Waals surface area contributed by atoms with Crippen LogP contribution in [0.2, 0.25) is 0 Å². The molecule has 1 nitrogen and oxygen atoms in total. The molecule has 0 saturated heterocycles. The van der Waals surface area contributed by atoms with Crippen molar-refractivity contribution in [3.8, 4) is 0 Å². The molecule has 1 aromatic heterocycles. The summed E-state index contributed by atoms with van der Waals surface area (Å²) in [6, 6.07) is 3.70. The number of ketones is 1. The Hall–Kier alpha value is -0.340. The van der Waals surface area contributed by atoms with Crippen molar-refractivity contribution >= 4 is 28.7 Å². The molecule has 13 heavy (non-hydrogen) atoms. The van der Waals surface area contributed by atoms with E-state index < -0.39 is 4.87 Å². The molecule has 0 aromatic carbocycles. The SMILES string of the molecule is CCC(Cl)(CC)C(=O)c1cccs1. The minimum absolute atomic E-state index is 0.0640. The van der Waals surface area contributed by atoms with E-state index in [1.807, 2.05) is 31.4 Å². The predicted molar refractivity (Wildman–Crippen MR) is 57.8 cm³/mol. The maximum Gasteiger partial charge on any atom is 0.193 e. The van der Waals surface area contributed by atoms with E-state index in [1.165, 1.54) is 11.3 Å². The van der Waals surface area contributed by atoms with Crippen LogP contribution in [0.5, 0.6) is 0 Å². The van der Waals surface area contributed by atoms with E-state index in [0.29, 0.717) is 12.8 Å². The van der Waals surface area contributed by atoms with Gasteiger partial charge in [-0.25, -0.2) is 0 Å². The highest BCUT2D eigenvalue weighted by Crippen LogP contribution is 2.30. The van der Waals surface area contributed by atoms with E-state index in [1.54, 1.807) is 0 Å². The van der Waals surface area contributed by atoms with Crippen LogP contribution in [0.25, 0.3) is 0 Å². The van der Waals surface area contributed by atoms with E-state index in [2.05, 4.69) is 0 Å². The first-order chi connectivity index (χ1) is 6.14. The highest BCUT2D eigenvalue weighted by Gasteiger charge is 2.33. The molecule has 0 aliphatic heterocycles. The van der Waals surface area contributed by atoms with Crippen molar-refractivity contribution in [2.24, 2.45) is 0 Å². The fourth-order valence-electron chi connectivity index (χ4n) is 1.20. The number of hydrogen-bond donors (Lipinski definition) is 0. The highest BCUT2D eigenvalue weighted by molar-refractivity contribution is 7.12. The average molecular weight is 217 g/mol. The van der Waals surface area contributed by atoms with Crippen molar-refractivity contribution in [1.82, 2.24) is 0 Å². The van der Waals surface area contributed by atoms with Gasteiger partial charge in [0.2, 0.25) is 0 Å². The second kappa shape index (κ2) is 4.25. The zero-order valence-corrected chi connectivity index (χ0v) is 9.41. The Morgan fingerprint density at radius 3 is 2.54 bits per heavy atom. The number of halogens is 1. The summed E-state index contributed by atoms with van der Waals surface area (Å²) < 4.78 is 0. The van der Waals surface area contributed by atoms with Crippen molar-refractivity contribution in [3.05, 3.63) is 22.4 Å². The van der Waals surface area contributed by atoms with Crippen LogP contribution >= 0.6 is 22.9 Å². The van der Waals surface area contributed by atoms with Crippen molar-refractivity contribution in [1.29, 1.82) is 0 Å². The van der Waals surface area contributed by atoms with E-state index in [9.17, 15) is 4.79 Å². The number of rotatable bonds is 4. The summed E-state index contributed by atoms with van der Waals surface area (Å²) >= 11 is 7.66. The summed E-state index contributed by atoms with van der Waals surface area (Å²) in [6.45, 7) is 3.89. The fraction of sp³-hybridized carbons (Fsp3) is 0.500. The molecular formula is C10H13ClOS. The maximum absolute atomic E-state index is 11.9. The van der Waals surface area contributed by atoms with Crippen LogP contribution in [0.15, 0.2) is 17.5 Å². The van der Waals surface area contributed by atoms with E-state index in [4.69, 9.17) is 11.6 Å². The standard InChI is InChI=1S/C10H13ClOS/c1-3-10(11,4-2)9(12)8-6-5-7-13-8/h5-7H,3-4H2,1-2H3. The van der Waals surface area contributed by atoms with Gasteiger partial charge in [-0.3, -0.25) is 4.79 Å². The summed E-state index contributed by atoms with van der Waals surface area (Å²) in [6.07, 6.45) is 1.36. The molecule has 0 aliphatic rings. The van der Waals surface area contributed by atoms with Crippen LogP contribution in [0.3, 0.4) is 0 Å². The summed E-state index contributed by atoms with van der Waals surface area (Å²) in [5, 5.41) is 1.90. The number of alkyl halides is 1. The Kier molecular flexibility index (Phi) is 3.51. The minimum atomic E-state index is -0.690. The minimum Gasteiger partial charge on any atom is -0.291 e. The van der Waals surface area contributed by atoms with Gasteiger partial charge >= 0.3 is 0 Å². The summed E-state index contributed by atoms with van der Waals surface area (Å²) in [7, 11) is 0. The second-order valence-electron chi connectivity index (χ2n) is 2.98. The fourth-order valence-corrected chi connectivity index (χ4v) is 2.12. The van der Waals surface area contributed by atoms with Gasteiger partial charge in [0.05, 0.1) is 4.88 Å².